The summed E-state index contributed by atoms with van der Waals surface area (Å²) in [5.74, 6) is -3.29. The van der Waals surface area contributed by atoms with E-state index in [2.05, 4.69) is 31.6 Å². The molecule has 448 valence electrons. The zero-order chi connectivity index (χ0) is 63.4. The van der Waals surface area contributed by atoms with Gasteiger partial charge in [-0.3, -0.25) is 46.5 Å². The lowest BCUT2D eigenvalue weighted by molar-refractivity contribution is 0.101. The number of hydrogen-bond donors (Lipinski definition) is 12. The quantitative estimate of drug-likeness (QED) is 0.0270. The molecule has 8 aromatic rings. The highest BCUT2D eigenvalue weighted by molar-refractivity contribution is 7.88. The van der Waals surface area contributed by atoms with Crippen molar-refractivity contribution in [3.05, 3.63) is 167 Å². The molecule has 0 atom stereocenters. The lowest BCUT2D eigenvalue weighted by atomic mass is 10.1. The van der Waals surface area contributed by atoms with Crippen molar-refractivity contribution in [2.24, 2.45) is 4.99 Å². The van der Waals surface area contributed by atoms with Gasteiger partial charge in [-0.2, -0.15) is 55.5 Å². The first-order valence-corrected chi connectivity index (χ1v) is 32.2. The Bertz CT molecular complexity index is 5040. The van der Waals surface area contributed by atoms with Crippen molar-refractivity contribution in [1.29, 1.82) is 0 Å². The molecule has 0 unspecified atom stereocenters. The molecular formula is C51H40N6O23S6. The van der Waals surface area contributed by atoms with Gasteiger partial charge in [0.15, 0.2) is 0 Å². The van der Waals surface area contributed by atoms with E-state index in [0.717, 1.165) is 12.1 Å². The van der Waals surface area contributed by atoms with E-state index in [0.29, 0.717) is 47.5 Å². The topological polar surface area (TPSA) is 487 Å². The predicted molar refractivity (Wildman–Crippen MR) is 307 cm³/mol. The van der Waals surface area contributed by atoms with Gasteiger partial charge >= 0.3 is 0 Å². The van der Waals surface area contributed by atoms with Crippen molar-refractivity contribution < 1.29 is 102 Å². The number of nitrogens with zero attached hydrogens (tertiary/aromatic N) is 1. The summed E-state index contributed by atoms with van der Waals surface area (Å²) in [7, 11) is -31.7. The van der Waals surface area contributed by atoms with Gasteiger partial charge in [0.1, 0.15) is 19.6 Å². The van der Waals surface area contributed by atoms with Crippen LogP contribution >= 0.6 is 0 Å². The number of nitrogens with one attached hydrogen (secondary N) is 5. The van der Waals surface area contributed by atoms with Crippen LogP contribution in [0.1, 0.15) is 52.6 Å². The summed E-state index contributed by atoms with van der Waals surface area (Å²) in [6.45, 7) is 3.01. The van der Waals surface area contributed by atoms with Gasteiger partial charge < -0.3 is 31.7 Å². The first-order chi connectivity index (χ1) is 39.8. The minimum Gasteiger partial charge on any atom is -0.480 e. The van der Waals surface area contributed by atoms with Crippen LogP contribution in [0.3, 0.4) is 0 Å². The summed E-state index contributed by atoms with van der Waals surface area (Å²) in [5, 5.41) is 20.3. The zero-order valence-corrected chi connectivity index (χ0v) is 48.2. The second-order valence-electron chi connectivity index (χ2n) is 18.3. The molecule has 0 saturated carbocycles. The highest BCUT2D eigenvalue weighted by Gasteiger charge is 2.30. The Kier molecular flexibility index (Phi) is 16.9. The first-order valence-electron chi connectivity index (χ1n) is 23.6. The van der Waals surface area contributed by atoms with Gasteiger partial charge in [0, 0.05) is 60.9 Å². The number of fused-ring (bicyclic) bond motifs is 2. The summed E-state index contributed by atoms with van der Waals surface area (Å²) in [6, 6.07) is 23.1. The van der Waals surface area contributed by atoms with E-state index in [4.69, 9.17) is 0 Å². The molecule has 12 N–H and O–H groups in total. The average molecular weight is 1300 g/mol. The Balaban J connectivity index is 0.930. The van der Waals surface area contributed by atoms with Crippen LogP contribution in [0, 0.1) is 13.8 Å². The third-order valence-electron chi connectivity index (χ3n) is 12.4. The van der Waals surface area contributed by atoms with Gasteiger partial charge in [-0.05, 0) is 146 Å². The number of benzene rings is 8. The highest BCUT2D eigenvalue weighted by atomic mass is 32.2. The predicted octanol–water partition coefficient (Wildman–Crippen LogP) is 6.76. The minimum atomic E-state index is -5.42. The monoisotopic (exact) mass is 1300 g/mol. The molecule has 8 rings (SSSR count). The normalized spacial score (nSPS) is 12.6. The number of hydrogen-bond acceptors (Lipinski definition) is 17. The van der Waals surface area contributed by atoms with Crippen molar-refractivity contribution in [3.63, 3.8) is 0 Å². The number of amides is 4. The second kappa shape index (κ2) is 23.0. The SMILES string of the molecule is Cc1cc(C(=O)Nc2ccc(S(=O)(=O)O)c3cc(S(=O)(=O)O)cc(S(=O)(=O)O)c23)ccc1NC(=O)c1cccc(N=C(O)Nc2cccc(C(=O)Nc3ccc(C(=O)Nc4ccc(S(=O)(=O)O)c5cc(S(=O)(=O)O)cc(S(=O)(=O)O)c45)cc3C)c2)c1. The molecule has 0 radical (unpaired) electrons. The van der Waals surface area contributed by atoms with Gasteiger partial charge in [0.05, 0.1) is 26.9 Å². The van der Waals surface area contributed by atoms with Gasteiger partial charge in [0.25, 0.3) is 90.4 Å². The molecule has 86 heavy (non-hydrogen) atoms. The number of carbonyl (C=O) groups excluding carboxylic acids is 4. The van der Waals surface area contributed by atoms with Crippen LogP contribution in [0.4, 0.5) is 34.1 Å². The van der Waals surface area contributed by atoms with Gasteiger partial charge in [-0.1, -0.05) is 12.1 Å². The lowest BCUT2D eigenvalue weighted by Gasteiger charge is -2.16. The summed E-state index contributed by atoms with van der Waals surface area (Å²) < 4.78 is 205. The Morgan fingerprint density at radius 2 is 0.709 bits per heavy atom. The molecule has 0 aliphatic rings. The lowest BCUT2D eigenvalue weighted by Crippen LogP contribution is -2.16. The molecule has 0 aromatic heterocycles. The maximum absolute atomic E-state index is 13.5. The van der Waals surface area contributed by atoms with Crippen molar-refractivity contribution in [3.8, 4) is 0 Å². The third kappa shape index (κ3) is 14.0. The fourth-order valence-electron chi connectivity index (χ4n) is 8.55. The summed E-state index contributed by atoms with van der Waals surface area (Å²) in [4.78, 5) is 51.2. The van der Waals surface area contributed by atoms with E-state index < -0.39 is 153 Å². The molecule has 8 aromatic carbocycles. The molecule has 0 spiro atoms. The molecule has 0 aliphatic heterocycles. The number of aliphatic hydroxyl groups excluding tert-OH is 1. The number of anilines is 5. The van der Waals surface area contributed by atoms with E-state index >= 15 is 0 Å². The van der Waals surface area contributed by atoms with Crippen LogP contribution in [0.2, 0.25) is 0 Å². The maximum Gasteiger partial charge on any atom is 0.295 e. The van der Waals surface area contributed by atoms with Gasteiger partial charge in [-0.25, -0.2) is 0 Å². The first kappa shape index (κ1) is 62.9. The third-order valence-corrected chi connectivity index (χ3v) is 17.7. The summed E-state index contributed by atoms with van der Waals surface area (Å²) in [6.07, 6.45) is 0. The molecule has 29 nitrogen and oxygen atoms in total. The van der Waals surface area contributed by atoms with Crippen molar-refractivity contribution in [2.75, 3.05) is 26.6 Å². The molecule has 4 amide bonds. The van der Waals surface area contributed by atoms with Gasteiger partial charge in [0.2, 0.25) is 0 Å². The fourth-order valence-corrected chi connectivity index (χ4v) is 12.6. The van der Waals surface area contributed by atoms with E-state index in [1.54, 1.807) is 0 Å². The Morgan fingerprint density at radius 3 is 1.08 bits per heavy atom. The standard InChI is InChI=1S/C51H40N6O23S6/c1-25-17-29(49(60)56-39-13-15-41(83(69,70)71)35-21-33(81(63,64)65)23-43(45(35)39)85(75,76)77)9-11-37(25)54-47(58)27-5-3-7-31(19-27)52-51(62)53-32-8-4-6-28(20-32)48(59)55-38-12-10-30(18-26(38)2)50(61)57-40-14-16-42(84(72,73)74)36-22-34(82(66,67)68)24-44(46(36)40)86(78,79)80/h3-24H,1-2H3,(H,54,58)(H,55,59)(H,56,60)(H,57,61)(H2,52,53,62)(H,63,64,65)(H,66,67,68)(H,69,70,71)(H,72,73,74)(H,75,76,77)(H,78,79,80). The molecule has 0 fully saturated rings. The van der Waals surface area contributed by atoms with E-state index in [1.165, 1.54) is 98.8 Å². The van der Waals surface area contributed by atoms with E-state index in [-0.39, 0.29) is 45.0 Å². The van der Waals surface area contributed by atoms with Crippen LogP contribution < -0.4 is 26.6 Å². The van der Waals surface area contributed by atoms with Crippen LogP contribution in [-0.4, -0.2) is 113 Å². The van der Waals surface area contributed by atoms with Crippen LogP contribution in [0.5, 0.6) is 0 Å². The van der Waals surface area contributed by atoms with E-state index in [1.807, 2.05) is 0 Å². The molecule has 0 saturated heterocycles. The number of amidine groups is 1. The van der Waals surface area contributed by atoms with Crippen LogP contribution in [-0.2, 0) is 60.7 Å². The van der Waals surface area contributed by atoms with Crippen molar-refractivity contribution in [1.82, 2.24) is 0 Å². The number of aliphatic imine (C=N–C) groups is 1. The molecule has 35 heteroatoms. The highest BCUT2D eigenvalue weighted by Crippen LogP contribution is 2.39. The molecule has 0 bridgehead atoms. The fraction of sp³-hybridized carbons (Fsp3) is 0.0392. The number of rotatable bonds is 16. The Hall–Kier alpha value is -9.11. The van der Waals surface area contributed by atoms with Gasteiger partial charge in [-0.15, -0.1) is 0 Å². The van der Waals surface area contributed by atoms with Crippen molar-refractivity contribution >= 4 is 146 Å². The summed E-state index contributed by atoms with van der Waals surface area (Å²) >= 11 is 0. The smallest absolute Gasteiger partial charge is 0.295 e. The minimum absolute atomic E-state index is 0.0324. The Labute approximate surface area is 486 Å². The molecule has 0 aliphatic carbocycles. The van der Waals surface area contributed by atoms with Crippen LogP contribution in [0.25, 0.3) is 21.5 Å². The molecule has 0 heterocycles. The Morgan fingerprint density at radius 1 is 0.360 bits per heavy atom. The number of carbonyl (C=O) groups is 4. The van der Waals surface area contributed by atoms with E-state index in [9.17, 15) is 102 Å². The largest absolute Gasteiger partial charge is 0.480 e. The van der Waals surface area contributed by atoms with Crippen molar-refractivity contribution in [2.45, 2.75) is 43.2 Å². The summed E-state index contributed by atoms with van der Waals surface area (Å²) in [5.41, 5.74) is 0.0727. The molecular weight excluding hydrogens is 1260 g/mol. The van der Waals surface area contributed by atoms with Crippen LogP contribution in [0.15, 0.2) is 168 Å². The second-order valence-corrected chi connectivity index (χ2v) is 26.7. The average Bonchev–Trinajstić information content (AvgIpc) is 0.760. The maximum atomic E-state index is 13.5. The number of aryl methyl sites for hydroxylation is 2. The number of aliphatic hydroxyl groups is 1. The zero-order valence-electron chi connectivity index (χ0n) is 43.3.